The number of thiophene rings is 1. The van der Waals surface area contributed by atoms with E-state index < -0.39 is 22.0 Å². The van der Waals surface area contributed by atoms with Crippen molar-refractivity contribution >= 4 is 60.8 Å². The van der Waals surface area contributed by atoms with Gasteiger partial charge < -0.3 is 4.42 Å². The topological polar surface area (TPSA) is 105 Å². The zero-order valence-electron chi connectivity index (χ0n) is 14.7. The lowest BCUT2D eigenvalue weighted by molar-refractivity contribution is -0.119. The van der Waals surface area contributed by atoms with Gasteiger partial charge in [0.15, 0.2) is 0 Å². The first-order valence-corrected chi connectivity index (χ1v) is 11.9. The van der Waals surface area contributed by atoms with Gasteiger partial charge in [-0.15, -0.1) is 16.4 Å². The molecule has 0 saturated carbocycles. The lowest BCUT2D eigenvalue weighted by atomic mass is 10.2. The minimum atomic E-state index is -3.83. The fraction of sp³-hybridized carbons (Fsp3) is 0.235. The molecular weight excluding hydrogens is 504 g/mol. The maximum absolute atomic E-state index is 13.0. The van der Waals surface area contributed by atoms with E-state index in [0.29, 0.717) is 17.9 Å². The molecule has 1 unspecified atom stereocenters. The summed E-state index contributed by atoms with van der Waals surface area (Å²) in [4.78, 5) is 13.6. The number of anilines is 1. The van der Waals surface area contributed by atoms with Gasteiger partial charge in [-0.2, -0.15) is 4.31 Å². The minimum Gasteiger partial charge on any atom is -0.402 e. The Bertz CT molecular complexity index is 1150. The van der Waals surface area contributed by atoms with Crippen LogP contribution in [0, 0.1) is 0 Å². The molecule has 1 amide bonds. The second-order valence-corrected chi connectivity index (χ2v) is 11.0. The molecule has 3 heterocycles. The number of halogens is 2. The molecule has 1 aliphatic heterocycles. The predicted octanol–water partition coefficient (Wildman–Crippen LogP) is 4.01. The molecular formula is C17H14BrClN4O4S2. The van der Waals surface area contributed by atoms with Crippen LogP contribution in [-0.4, -0.2) is 41.4 Å². The van der Waals surface area contributed by atoms with E-state index in [1.54, 1.807) is 0 Å². The van der Waals surface area contributed by atoms with Gasteiger partial charge in [-0.25, -0.2) is 8.42 Å². The fourth-order valence-corrected chi connectivity index (χ4v) is 6.11. The Balaban J connectivity index is 1.51. The van der Waals surface area contributed by atoms with Crippen LogP contribution in [0.15, 0.2) is 49.5 Å². The largest absolute Gasteiger partial charge is 0.402 e. The highest BCUT2D eigenvalue weighted by Crippen LogP contribution is 2.31. The summed E-state index contributed by atoms with van der Waals surface area (Å²) < 4.78 is 33.5. The number of aromatic nitrogens is 2. The zero-order valence-corrected chi connectivity index (χ0v) is 18.7. The minimum absolute atomic E-state index is 0.0785. The average Bonchev–Trinajstić information content (AvgIpc) is 3.42. The van der Waals surface area contributed by atoms with Gasteiger partial charge in [0.1, 0.15) is 6.04 Å². The summed E-state index contributed by atoms with van der Waals surface area (Å²) in [7, 11) is -3.83. The molecule has 29 heavy (non-hydrogen) atoms. The molecule has 1 fully saturated rings. The normalized spacial score (nSPS) is 17.5. The monoisotopic (exact) mass is 516 g/mol. The van der Waals surface area contributed by atoms with Crippen molar-refractivity contribution in [3.05, 3.63) is 45.2 Å². The van der Waals surface area contributed by atoms with Crippen LogP contribution in [-0.2, 0) is 14.8 Å². The smallest absolute Gasteiger partial charge is 0.322 e. The number of nitrogens with zero attached hydrogens (tertiary/aromatic N) is 3. The molecule has 1 aromatic carbocycles. The third-order valence-electron chi connectivity index (χ3n) is 4.37. The van der Waals surface area contributed by atoms with Gasteiger partial charge in [0, 0.05) is 11.6 Å². The van der Waals surface area contributed by atoms with E-state index >= 15 is 0 Å². The maximum atomic E-state index is 13.0. The summed E-state index contributed by atoms with van der Waals surface area (Å²) in [5.74, 6) is -0.240. The van der Waals surface area contributed by atoms with Crippen molar-refractivity contribution in [2.45, 2.75) is 23.8 Å². The van der Waals surface area contributed by atoms with Crippen molar-refractivity contribution < 1.29 is 17.6 Å². The Morgan fingerprint density at radius 3 is 2.69 bits per heavy atom. The lowest BCUT2D eigenvalue weighted by Gasteiger charge is -2.22. The fourth-order valence-electron chi connectivity index (χ4n) is 3.02. The molecule has 0 aliphatic carbocycles. The van der Waals surface area contributed by atoms with Crippen LogP contribution in [0.25, 0.3) is 10.8 Å². The second-order valence-electron chi connectivity index (χ2n) is 6.23. The second kappa shape index (κ2) is 8.15. The Morgan fingerprint density at radius 2 is 2.00 bits per heavy atom. The molecule has 0 radical (unpaired) electrons. The maximum Gasteiger partial charge on any atom is 0.322 e. The number of hydrogen-bond donors (Lipinski definition) is 1. The molecule has 8 nitrogen and oxygen atoms in total. The van der Waals surface area contributed by atoms with Gasteiger partial charge in [-0.05, 0) is 65.2 Å². The van der Waals surface area contributed by atoms with Gasteiger partial charge in [-0.3, -0.25) is 10.1 Å². The van der Waals surface area contributed by atoms with Crippen LogP contribution in [0.1, 0.15) is 12.8 Å². The summed E-state index contributed by atoms with van der Waals surface area (Å²) in [5, 5.41) is 10.7. The molecule has 1 saturated heterocycles. The summed E-state index contributed by atoms with van der Waals surface area (Å²) >= 11 is 10.6. The lowest BCUT2D eigenvalue weighted by Crippen LogP contribution is -2.43. The summed E-state index contributed by atoms with van der Waals surface area (Å²) in [6.07, 6.45) is 0.973. The van der Waals surface area contributed by atoms with Crippen LogP contribution in [0.3, 0.4) is 0 Å². The summed E-state index contributed by atoms with van der Waals surface area (Å²) in [6, 6.07) is 8.58. The van der Waals surface area contributed by atoms with Crippen molar-refractivity contribution in [1.82, 2.24) is 14.5 Å². The van der Waals surface area contributed by atoms with Crippen molar-refractivity contribution in [3.8, 4) is 10.8 Å². The SMILES string of the molecule is O=C(Nc1nnc(-c2ccc(Br)s2)o1)C1CCCN1S(=O)(=O)c1ccc(Cl)cc1. The van der Waals surface area contributed by atoms with E-state index in [-0.39, 0.29) is 23.3 Å². The van der Waals surface area contributed by atoms with E-state index in [4.69, 9.17) is 16.0 Å². The van der Waals surface area contributed by atoms with Crippen LogP contribution in [0.4, 0.5) is 6.01 Å². The molecule has 4 rings (SSSR count). The van der Waals surface area contributed by atoms with Gasteiger partial charge in [0.25, 0.3) is 5.89 Å². The molecule has 12 heteroatoms. The van der Waals surface area contributed by atoms with Crippen molar-refractivity contribution in [2.75, 3.05) is 11.9 Å². The first-order chi connectivity index (χ1) is 13.8. The number of carbonyl (C=O) groups excluding carboxylic acids is 1. The predicted molar refractivity (Wildman–Crippen MR) is 112 cm³/mol. The number of benzene rings is 1. The Labute approximate surface area is 184 Å². The molecule has 152 valence electrons. The van der Waals surface area contributed by atoms with Crippen molar-refractivity contribution in [1.29, 1.82) is 0 Å². The van der Waals surface area contributed by atoms with Crippen LogP contribution in [0.5, 0.6) is 0 Å². The highest BCUT2D eigenvalue weighted by Gasteiger charge is 2.39. The first-order valence-electron chi connectivity index (χ1n) is 8.52. The highest BCUT2D eigenvalue weighted by molar-refractivity contribution is 9.11. The van der Waals surface area contributed by atoms with Gasteiger partial charge in [0.2, 0.25) is 15.9 Å². The zero-order chi connectivity index (χ0) is 20.6. The van der Waals surface area contributed by atoms with E-state index in [1.807, 2.05) is 12.1 Å². The molecule has 3 aromatic rings. The van der Waals surface area contributed by atoms with Gasteiger partial charge in [-0.1, -0.05) is 16.7 Å². The van der Waals surface area contributed by atoms with E-state index in [2.05, 4.69) is 31.4 Å². The first kappa shape index (κ1) is 20.5. The van der Waals surface area contributed by atoms with Crippen molar-refractivity contribution in [2.24, 2.45) is 0 Å². The number of nitrogens with one attached hydrogen (secondary N) is 1. The van der Waals surface area contributed by atoms with E-state index in [9.17, 15) is 13.2 Å². The standard InChI is InChI=1S/C17H14BrClN4O4S2/c18-14-8-7-13(28-14)16-21-22-17(27-16)20-15(24)12-2-1-9-23(12)29(25,26)11-5-3-10(19)4-6-11/h3-8,12H,1-2,9H2,(H,20,22,24). The van der Waals surface area contributed by atoms with Gasteiger partial charge in [0.05, 0.1) is 13.6 Å². The summed E-state index contributed by atoms with van der Waals surface area (Å²) in [5.41, 5.74) is 0. The quantitative estimate of drug-likeness (QED) is 0.548. The molecule has 1 atom stereocenters. The molecule has 1 aliphatic rings. The van der Waals surface area contributed by atoms with Crippen LogP contribution in [0.2, 0.25) is 5.02 Å². The number of sulfonamides is 1. The molecule has 1 N–H and O–H groups in total. The number of hydrogen-bond acceptors (Lipinski definition) is 7. The van der Waals surface area contributed by atoms with Crippen molar-refractivity contribution in [3.63, 3.8) is 0 Å². The summed E-state index contributed by atoms with van der Waals surface area (Å²) in [6.45, 7) is 0.251. The van der Waals surface area contributed by atoms with Crippen LogP contribution < -0.4 is 5.32 Å². The Hall–Kier alpha value is -1.79. The molecule has 0 bridgehead atoms. The molecule has 0 spiro atoms. The Morgan fingerprint density at radius 1 is 1.24 bits per heavy atom. The third-order valence-corrected chi connectivity index (χ3v) is 8.15. The van der Waals surface area contributed by atoms with E-state index in [1.165, 1.54) is 39.9 Å². The van der Waals surface area contributed by atoms with E-state index in [0.717, 1.165) is 8.66 Å². The third kappa shape index (κ3) is 4.24. The molecule has 2 aromatic heterocycles. The highest BCUT2D eigenvalue weighted by atomic mass is 79.9. The number of carbonyl (C=O) groups is 1. The Kier molecular flexibility index (Phi) is 5.76. The number of amides is 1. The average molecular weight is 518 g/mol. The van der Waals surface area contributed by atoms with Crippen LogP contribution >= 0.6 is 38.9 Å². The number of rotatable bonds is 5. The van der Waals surface area contributed by atoms with Gasteiger partial charge >= 0.3 is 6.01 Å².